The van der Waals surface area contributed by atoms with Gasteiger partial charge in [0.15, 0.2) is 0 Å². The molecule has 0 spiro atoms. The van der Waals surface area contributed by atoms with E-state index in [1.54, 1.807) is 0 Å². The first kappa shape index (κ1) is 14.7. The van der Waals surface area contributed by atoms with Crippen molar-refractivity contribution in [2.45, 2.75) is 33.6 Å². The maximum absolute atomic E-state index is 13.3. The van der Waals surface area contributed by atoms with Crippen LogP contribution in [0.3, 0.4) is 0 Å². The molecule has 5 rings (SSSR count). The molecule has 120 valence electrons. The SMILES string of the molecule is CC(C)[C@@]12C=C[C@](C)(CC1)[C@H]1C(=O)N(c3ccccc3)C(=O)[C@@H]12. The molecule has 2 fully saturated rings. The van der Waals surface area contributed by atoms with Gasteiger partial charge < -0.3 is 0 Å². The molecule has 3 heteroatoms. The van der Waals surface area contributed by atoms with Crippen molar-refractivity contribution in [3.05, 3.63) is 42.5 Å². The Balaban J connectivity index is 1.86. The summed E-state index contributed by atoms with van der Waals surface area (Å²) < 4.78 is 0. The van der Waals surface area contributed by atoms with E-state index in [0.717, 1.165) is 12.8 Å². The van der Waals surface area contributed by atoms with Gasteiger partial charge in [0.05, 0.1) is 17.5 Å². The standard InChI is InChI=1S/C20H23NO2/c1-13(2)20-11-9-19(3,10-12-20)15-16(20)18(23)21(17(15)22)14-7-5-4-6-8-14/h4-9,11,13,15-16H,10,12H2,1-3H3/t15-,16-,19-,20-/m1/s1. The van der Waals surface area contributed by atoms with Crippen LogP contribution in [0.4, 0.5) is 5.69 Å². The zero-order valence-electron chi connectivity index (χ0n) is 14.0. The molecule has 1 saturated carbocycles. The lowest BCUT2D eigenvalue weighted by atomic mass is 9.46. The number of para-hydroxylation sites is 1. The number of nitrogens with zero attached hydrogens (tertiary/aromatic N) is 1. The Labute approximate surface area is 137 Å². The molecular formula is C20H23NO2. The maximum Gasteiger partial charge on any atom is 0.238 e. The fraction of sp³-hybridized carbons (Fsp3) is 0.500. The van der Waals surface area contributed by atoms with Crippen LogP contribution in [0.2, 0.25) is 0 Å². The van der Waals surface area contributed by atoms with Gasteiger partial charge in [-0.25, -0.2) is 0 Å². The number of anilines is 1. The first-order chi connectivity index (χ1) is 10.9. The average Bonchev–Trinajstić information content (AvgIpc) is 2.83. The van der Waals surface area contributed by atoms with E-state index in [1.807, 2.05) is 30.3 Å². The molecule has 4 aliphatic rings. The molecule has 1 aromatic rings. The number of hydrogen-bond donors (Lipinski definition) is 0. The van der Waals surface area contributed by atoms with E-state index in [9.17, 15) is 9.59 Å². The van der Waals surface area contributed by atoms with Crippen LogP contribution in [-0.4, -0.2) is 11.8 Å². The zero-order valence-corrected chi connectivity index (χ0v) is 14.0. The number of benzene rings is 1. The third-order valence-electron chi connectivity index (χ3n) is 6.56. The van der Waals surface area contributed by atoms with Crippen molar-refractivity contribution < 1.29 is 9.59 Å². The summed E-state index contributed by atoms with van der Waals surface area (Å²) in [5.74, 6) is -0.0863. The molecule has 3 nitrogen and oxygen atoms in total. The second-order valence-corrected chi connectivity index (χ2v) is 7.91. The Hall–Kier alpha value is -1.90. The fourth-order valence-electron chi connectivity index (χ4n) is 5.06. The van der Waals surface area contributed by atoms with Crippen molar-refractivity contribution >= 4 is 17.5 Å². The van der Waals surface area contributed by atoms with Crippen LogP contribution in [-0.2, 0) is 9.59 Å². The number of rotatable bonds is 2. The number of carbonyl (C=O) groups is 2. The summed E-state index contributed by atoms with van der Waals surface area (Å²) in [6, 6.07) is 9.37. The third-order valence-corrected chi connectivity index (χ3v) is 6.56. The highest BCUT2D eigenvalue weighted by molar-refractivity contribution is 6.23. The monoisotopic (exact) mass is 309 g/mol. The summed E-state index contributed by atoms with van der Waals surface area (Å²) in [5.41, 5.74) is 0.356. The highest BCUT2D eigenvalue weighted by Crippen LogP contribution is 2.64. The molecule has 1 heterocycles. The first-order valence-electron chi connectivity index (χ1n) is 8.54. The van der Waals surface area contributed by atoms with Crippen molar-refractivity contribution in [3.8, 4) is 0 Å². The predicted molar refractivity (Wildman–Crippen MR) is 89.7 cm³/mol. The summed E-state index contributed by atoms with van der Waals surface area (Å²) in [6.45, 7) is 6.50. The van der Waals surface area contributed by atoms with Gasteiger partial charge in [0, 0.05) is 5.41 Å². The van der Waals surface area contributed by atoms with Crippen molar-refractivity contribution in [1.29, 1.82) is 0 Å². The second-order valence-electron chi connectivity index (χ2n) is 7.91. The number of fused-ring (bicyclic) bond motifs is 1. The molecule has 3 aliphatic carbocycles. The minimum Gasteiger partial charge on any atom is -0.274 e. The Bertz CT molecular complexity index is 708. The van der Waals surface area contributed by atoms with Gasteiger partial charge in [0.1, 0.15) is 0 Å². The van der Waals surface area contributed by atoms with Gasteiger partial charge in [-0.2, -0.15) is 0 Å². The van der Waals surface area contributed by atoms with Crippen LogP contribution in [0.1, 0.15) is 33.6 Å². The topological polar surface area (TPSA) is 37.4 Å². The van der Waals surface area contributed by atoms with Gasteiger partial charge in [-0.05, 0) is 36.3 Å². The molecule has 2 amide bonds. The molecule has 1 saturated heterocycles. The molecule has 2 bridgehead atoms. The number of amides is 2. The Morgan fingerprint density at radius 2 is 1.65 bits per heavy atom. The first-order valence-corrected chi connectivity index (χ1v) is 8.54. The van der Waals surface area contributed by atoms with E-state index in [4.69, 9.17) is 0 Å². The largest absolute Gasteiger partial charge is 0.274 e. The Morgan fingerprint density at radius 1 is 1.00 bits per heavy atom. The smallest absolute Gasteiger partial charge is 0.238 e. The van der Waals surface area contributed by atoms with Crippen molar-refractivity contribution in [1.82, 2.24) is 0 Å². The fourth-order valence-corrected chi connectivity index (χ4v) is 5.06. The Morgan fingerprint density at radius 3 is 2.22 bits per heavy atom. The molecule has 1 aromatic carbocycles. The summed E-state index contributed by atoms with van der Waals surface area (Å²) in [6.07, 6.45) is 6.46. The minimum absolute atomic E-state index is 0.00447. The molecule has 0 aromatic heterocycles. The number of imide groups is 1. The molecule has 1 aliphatic heterocycles. The Kier molecular flexibility index (Phi) is 2.91. The van der Waals surface area contributed by atoms with Crippen molar-refractivity contribution in [2.24, 2.45) is 28.6 Å². The highest BCUT2D eigenvalue weighted by atomic mass is 16.2. The lowest BCUT2D eigenvalue weighted by molar-refractivity contribution is -0.135. The van der Waals surface area contributed by atoms with Crippen molar-refractivity contribution in [3.63, 3.8) is 0 Å². The summed E-state index contributed by atoms with van der Waals surface area (Å²) in [4.78, 5) is 27.9. The molecule has 0 radical (unpaired) electrons. The van der Waals surface area contributed by atoms with E-state index >= 15 is 0 Å². The van der Waals surface area contributed by atoms with Crippen LogP contribution in [0.15, 0.2) is 42.5 Å². The number of allylic oxidation sites excluding steroid dienone is 2. The van der Waals surface area contributed by atoms with Crippen LogP contribution in [0.5, 0.6) is 0 Å². The lowest BCUT2D eigenvalue weighted by Gasteiger charge is -2.55. The van der Waals surface area contributed by atoms with Crippen LogP contribution in [0.25, 0.3) is 0 Å². The predicted octanol–water partition coefficient (Wildman–Crippen LogP) is 3.80. The normalized spacial score (nSPS) is 38.5. The second kappa shape index (κ2) is 4.56. The summed E-state index contributed by atoms with van der Waals surface area (Å²) >= 11 is 0. The van der Waals surface area contributed by atoms with Gasteiger partial charge in [-0.15, -0.1) is 0 Å². The van der Waals surface area contributed by atoms with Gasteiger partial charge in [0.25, 0.3) is 0 Å². The highest BCUT2D eigenvalue weighted by Gasteiger charge is 2.67. The van der Waals surface area contributed by atoms with Crippen molar-refractivity contribution in [2.75, 3.05) is 4.90 Å². The van der Waals surface area contributed by atoms with E-state index in [2.05, 4.69) is 32.9 Å². The molecule has 0 N–H and O–H groups in total. The molecular weight excluding hydrogens is 286 g/mol. The van der Waals surface area contributed by atoms with Gasteiger partial charge in [-0.3, -0.25) is 14.5 Å². The van der Waals surface area contributed by atoms with Gasteiger partial charge in [0.2, 0.25) is 11.8 Å². The third kappa shape index (κ3) is 1.71. The van der Waals surface area contributed by atoms with Gasteiger partial charge >= 0.3 is 0 Å². The quantitative estimate of drug-likeness (QED) is 0.615. The van der Waals surface area contributed by atoms with Crippen LogP contribution < -0.4 is 4.90 Å². The summed E-state index contributed by atoms with van der Waals surface area (Å²) in [5, 5.41) is 0. The number of carbonyl (C=O) groups excluding carboxylic acids is 2. The van der Waals surface area contributed by atoms with Crippen LogP contribution in [0, 0.1) is 28.6 Å². The van der Waals surface area contributed by atoms with E-state index in [-0.39, 0.29) is 34.5 Å². The van der Waals surface area contributed by atoms with Gasteiger partial charge in [-0.1, -0.05) is 51.1 Å². The minimum atomic E-state index is -0.212. The summed E-state index contributed by atoms with van der Waals surface area (Å²) in [7, 11) is 0. The molecule has 23 heavy (non-hydrogen) atoms. The average molecular weight is 309 g/mol. The molecule has 0 unspecified atom stereocenters. The van der Waals surface area contributed by atoms with E-state index in [0.29, 0.717) is 11.6 Å². The van der Waals surface area contributed by atoms with E-state index in [1.165, 1.54) is 4.90 Å². The zero-order chi connectivity index (χ0) is 16.4. The lowest BCUT2D eigenvalue weighted by Crippen LogP contribution is -2.53. The van der Waals surface area contributed by atoms with E-state index < -0.39 is 0 Å². The number of hydrogen-bond acceptors (Lipinski definition) is 2. The van der Waals surface area contributed by atoms with Crippen LogP contribution >= 0.6 is 0 Å². The maximum atomic E-state index is 13.3. The molecule has 4 atom stereocenters.